The van der Waals surface area contributed by atoms with Gasteiger partial charge in [0.1, 0.15) is 0 Å². The van der Waals surface area contributed by atoms with E-state index >= 15 is 0 Å². The maximum Gasteiger partial charge on any atom is 0.254 e. The molecule has 4 nitrogen and oxygen atoms in total. The van der Waals surface area contributed by atoms with Crippen molar-refractivity contribution in [3.63, 3.8) is 0 Å². The van der Waals surface area contributed by atoms with Crippen molar-refractivity contribution in [3.05, 3.63) is 35.4 Å². The Labute approximate surface area is 171 Å². The minimum atomic E-state index is 0. The number of carbonyl (C=O) groups excluding carboxylic acids is 1. The highest BCUT2D eigenvalue weighted by molar-refractivity contribution is 5.94. The Morgan fingerprint density at radius 3 is 2.31 bits per heavy atom. The minimum absolute atomic E-state index is 0. The quantitative estimate of drug-likeness (QED) is 0.777. The number of piperidine rings is 1. The van der Waals surface area contributed by atoms with Gasteiger partial charge in [0, 0.05) is 36.8 Å². The van der Waals surface area contributed by atoms with E-state index in [0.29, 0.717) is 6.04 Å². The van der Waals surface area contributed by atoms with Crippen molar-refractivity contribution in [2.75, 3.05) is 13.1 Å². The van der Waals surface area contributed by atoms with Crippen molar-refractivity contribution in [1.82, 2.24) is 9.80 Å². The van der Waals surface area contributed by atoms with Crippen LogP contribution in [0.25, 0.3) is 0 Å². The summed E-state index contributed by atoms with van der Waals surface area (Å²) in [5.74, 6) is 0.125. The Balaban J connectivity index is 0.00000312. The van der Waals surface area contributed by atoms with Crippen molar-refractivity contribution in [2.45, 2.75) is 71.6 Å². The van der Waals surface area contributed by atoms with E-state index in [-0.39, 0.29) is 42.8 Å². The van der Waals surface area contributed by atoms with Gasteiger partial charge in [0.15, 0.2) is 0 Å². The molecule has 6 heteroatoms. The second kappa shape index (κ2) is 11.8. The van der Waals surface area contributed by atoms with E-state index in [2.05, 4.69) is 37.8 Å². The molecule has 1 amide bonds. The second-order valence-electron chi connectivity index (χ2n) is 7.27. The maximum absolute atomic E-state index is 12.9. The topological polar surface area (TPSA) is 49.6 Å². The number of rotatable bonds is 6. The van der Waals surface area contributed by atoms with E-state index < -0.39 is 0 Å². The first-order valence-corrected chi connectivity index (χ1v) is 9.33. The summed E-state index contributed by atoms with van der Waals surface area (Å²) in [5.41, 5.74) is 8.13. The van der Waals surface area contributed by atoms with Crippen molar-refractivity contribution >= 4 is 30.7 Å². The van der Waals surface area contributed by atoms with Gasteiger partial charge in [-0.3, -0.25) is 9.69 Å². The van der Waals surface area contributed by atoms with Crippen LogP contribution in [0.4, 0.5) is 0 Å². The van der Waals surface area contributed by atoms with Crippen LogP contribution < -0.4 is 5.73 Å². The molecule has 0 radical (unpaired) electrons. The third kappa shape index (κ3) is 6.41. The number of hydrogen-bond donors (Lipinski definition) is 1. The number of amides is 1. The summed E-state index contributed by atoms with van der Waals surface area (Å²) in [6.07, 6.45) is 3.26. The smallest absolute Gasteiger partial charge is 0.254 e. The summed E-state index contributed by atoms with van der Waals surface area (Å²) in [4.78, 5) is 17.3. The molecule has 2 N–H and O–H groups in total. The molecule has 1 aliphatic rings. The van der Waals surface area contributed by atoms with E-state index in [0.717, 1.165) is 44.5 Å². The predicted molar refractivity (Wildman–Crippen MR) is 114 cm³/mol. The number of likely N-dealkylation sites (tertiary alicyclic amines) is 1. The van der Waals surface area contributed by atoms with Crippen LogP contribution in [-0.4, -0.2) is 46.9 Å². The van der Waals surface area contributed by atoms with Gasteiger partial charge >= 0.3 is 0 Å². The Bertz CT molecular complexity index is 534. The Morgan fingerprint density at radius 1 is 1.19 bits per heavy atom. The molecule has 1 heterocycles. The van der Waals surface area contributed by atoms with Crippen LogP contribution in [0.3, 0.4) is 0 Å². The molecule has 2 rings (SSSR count). The zero-order valence-corrected chi connectivity index (χ0v) is 18.1. The zero-order chi connectivity index (χ0) is 17.7. The van der Waals surface area contributed by atoms with Crippen LogP contribution in [0.2, 0.25) is 0 Å². The fourth-order valence-electron chi connectivity index (χ4n) is 3.57. The standard InChI is InChI=1S/C20H33N3O.2ClH/c1-5-22(15(2)3)14-17-9-11-18(12-10-17)20(24)23-13-7-6-8-19(23)16(4)21;;/h9-12,15-16,19H,5-8,13-14,21H2,1-4H3;2*1H. The van der Waals surface area contributed by atoms with E-state index in [9.17, 15) is 4.79 Å². The molecule has 0 aliphatic carbocycles. The molecule has 150 valence electrons. The minimum Gasteiger partial charge on any atom is -0.334 e. The molecular formula is C20H35Cl2N3O. The molecule has 0 spiro atoms. The lowest BCUT2D eigenvalue weighted by Crippen LogP contribution is -2.51. The average Bonchev–Trinajstić information content (AvgIpc) is 2.59. The van der Waals surface area contributed by atoms with Crippen molar-refractivity contribution in [1.29, 1.82) is 0 Å². The Hall–Kier alpha value is -0.810. The van der Waals surface area contributed by atoms with Crippen LogP contribution in [0.1, 0.15) is 62.9 Å². The lowest BCUT2D eigenvalue weighted by Gasteiger charge is -2.38. The normalized spacial score (nSPS) is 18.3. The third-order valence-corrected chi connectivity index (χ3v) is 5.14. The molecule has 2 atom stereocenters. The van der Waals surface area contributed by atoms with Crippen LogP contribution in [0.15, 0.2) is 24.3 Å². The Morgan fingerprint density at radius 2 is 1.81 bits per heavy atom. The molecule has 1 fully saturated rings. The number of carbonyl (C=O) groups is 1. The molecule has 0 bridgehead atoms. The van der Waals surface area contributed by atoms with Crippen LogP contribution in [-0.2, 0) is 6.54 Å². The lowest BCUT2D eigenvalue weighted by atomic mass is 9.96. The van der Waals surface area contributed by atoms with E-state index in [4.69, 9.17) is 5.73 Å². The SMILES string of the molecule is CCN(Cc1ccc(C(=O)N2CCCCC2C(C)N)cc1)C(C)C.Cl.Cl. The van der Waals surface area contributed by atoms with Gasteiger partial charge in [-0.25, -0.2) is 0 Å². The molecule has 26 heavy (non-hydrogen) atoms. The first kappa shape index (κ1) is 25.2. The molecule has 2 unspecified atom stereocenters. The molecule has 0 aromatic heterocycles. The fourth-order valence-corrected chi connectivity index (χ4v) is 3.57. The van der Waals surface area contributed by atoms with E-state index in [1.807, 2.05) is 24.0 Å². The summed E-state index contributed by atoms with van der Waals surface area (Å²) in [5, 5.41) is 0. The van der Waals surface area contributed by atoms with Gasteiger partial charge in [-0.2, -0.15) is 0 Å². The Kier molecular flexibility index (Phi) is 11.4. The molecular weight excluding hydrogens is 369 g/mol. The van der Waals surface area contributed by atoms with Gasteiger partial charge in [0.05, 0.1) is 0 Å². The van der Waals surface area contributed by atoms with Crippen molar-refractivity contribution < 1.29 is 4.79 Å². The average molecular weight is 404 g/mol. The van der Waals surface area contributed by atoms with Gasteiger partial charge < -0.3 is 10.6 Å². The van der Waals surface area contributed by atoms with Gasteiger partial charge in [0.25, 0.3) is 5.91 Å². The summed E-state index contributed by atoms with van der Waals surface area (Å²) in [6.45, 7) is 11.4. The van der Waals surface area contributed by atoms with Crippen LogP contribution in [0.5, 0.6) is 0 Å². The number of benzene rings is 1. The third-order valence-electron chi connectivity index (χ3n) is 5.14. The van der Waals surface area contributed by atoms with Crippen molar-refractivity contribution in [3.8, 4) is 0 Å². The summed E-state index contributed by atoms with van der Waals surface area (Å²) < 4.78 is 0. The number of hydrogen-bond acceptors (Lipinski definition) is 3. The predicted octanol–water partition coefficient (Wildman–Crippen LogP) is 4.10. The largest absolute Gasteiger partial charge is 0.334 e. The van der Waals surface area contributed by atoms with Gasteiger partial charge in [0.2, 0.25) is 0 Å². The van der Waals surface area contributed by atoms with E-state index in [1.54, 1.807) is 0 Å². The summed E-state index contributed by atoms with van der Waals surface area (Å²) >= 11 is 0. The first-order valence-electron chi connectivity index (χ1n) is 9.33. The zero-order valence-electron chi connectivity index (χ0n) is 16.5. The number of halogens is 2. The highest BCUT2D eigenvalue weighted by Gasteiger charge is 2.29. The monoisotopic (exact) mass is 403 g/mol. The molecule has 1 aromatic carbocycles. The van der Waals surface area contributed by atoms with Crippen LogP contribution >= 0.6 is 24.8 Å². The highest BCUT2D eigenvalue weighted by atomic mass is 35.5. The van der Waals surface area contributed by atoms with E-state index in [1.165, 1.54) is 5.56 Å². The first-order chi connectivity index (χ1) is 11.4. The van der Waals surface area contributed by atoms with Crippen LogP contribution in [0, 0.1) is 0 Å². The maximum atomic E-state index is 12.9. The van der Waals surface area contributed by atoms with Gasteiger partial charge in [-0.15, -0.1) is 24.8 Å². The highest BCUT2D eigenvalue weighted by Crippen LogP contribution is 2.22. The molecule has 1 aromatic rings. The fraction of sp³-hybridized carbons (Fsp3) is 0.650. The second-order valence-corrected chi connectivity index (χ2v) is 7.27. The number of nitrogens with two attached hydrogens (primary N) is 1. The molecule has 0 saturated carbocycles. The summed E-state index contributed by atoms with van der Waals surface area (Å²) in [7, 11) is 0. The summed E-state index contributed by atoms with van der Waals surface area (Å²) in [6, 6.07) is 8.83. The van der Waals surface area contributed by atoms with Gasteiger partial charge in [-0.05, 0) is 64.3 Å². The van der Waals surface area contributed by atoms with Gasteiger partial charge in [-0.1, -0.05) is 19.1 Å². The molecule has 1 aliphatic heterocycles. The molecule has 1 saturated heterocycles. The van der Waals surface area contributed by atoms with Crippen molar-refractivity contribution in [2.24, 2.45) is 5.73 Å². The lowest BCUT2D eigenvalue weighted by molar-refractivity contribution is 0.0584. The number of nitrogens with zero attached hydrogens (tertiary/aromatic N) is 2.